The Balaban J connectivity index is 1.57. The first kappa shape index (κ1) is 19.9. The zero-order valence-corrected chi connectivity index (χ0v) is 16.4. The number of ether oxygens (including phenoxy) is 1. The molecular weight excluding hydrogens is 359 g/mol. The lowest BCUT2D eigenvalue weighted by molar-refractivity contribution is 0.181. The molecule has 0 atom stereocenters. The Kier molecular flexibility index (Phi) is 6.71. The second-order valence-corrected chi connectivity index (χ2v) is 6.72. The van der Waals surface area contributed by atoms with Crippen LogP contribution in [0.5, 0.6) is 5.75 Å². The monoisotopic (exact) mass is 386 g/mol. The summed E-state index contributed by atoms with van der Waals surface area (Å²) in [5.74, 6) is 0.867. The highest BCUT2D eigenvalue weighted by atomic mass is 19.1. The van der Waals surface area contributed by atoms with Crippen LogP contribution in [0.3, 0.4) is 0 Å². The average Bonchev–Trinajstić information content (AvgIpc) is 2.72. The van der Waals surface area contributed by atoms with E-state index in [4.69, 9.17) is 4.74 Å². The first-order chi connectivity index (χ1) is 13.6. The molecule has 1 aliphatic rings. The van der Waals surface area contributed by atoms with Gasteiger partial charge in [-0.3, -0.25) is 4.99 Å². The number of phenolic OH excluding ortho intramolecular Hbond substituents is 1. The van der Waals surface area contributed by atoms with Crippen molar-refractivity contribution in [3.63, 3.8) is 0 Å². The number of phenols is 1. The molecule has 2 aromatic rings. The van der Waals surface area contributed by atoms with Crippen LogP contribution in [-0.2, 0) is 17.9 Å². The van der Waals surface area contributed by atoms with E-state index in [-0.39, 0.29) is 12.4 Å². The van der Waals surface area contributed by atoms with Crippen molar-refractivity contribution in [2.45, 2.75) is 13.2 Å². The van der Waals surface area contributed by atoms with Gasteiger partial charge in [0, 0.05) is 52.4 Å². The quantitative estimate of drug-likeness (QED) is 0.611. The van der Waals surface area contributed by atoms with Crippen LogP contribution in [-0.4, -0.2) is 56.3 Å². The average molecular weight is 386 g/mol. The number of nitrogens with one attached hydrogen (secondary N) is 1. The van der Waals surface area contributed by atoms with Gasteiger partial charge in [-0.15, -0.1) is 0 Å². The molecule has 28 heavy (non-hydrogen) atoms. The van der Waals surface area contributed by atoms with E-state index in [1.165, 1.54) is 6.07 Å². The van der Waals surface area contributed by atoms with Crippen LogP contribution in [0.2, 0.25) is 0 Å². The molecule has 6 nitrogen and oxygen atoms in total. The number of rotatable bonds is 5. The molecule has 0 aliphatic carbocycles. The maximum absolute atomic E-state index is 13.8. The fourth-order valence-corrected chi connectivity index (χ4v) is 3.41. The van der Waals surface area contributed by atoms with Crippen LogP contribution in [0.25, 0.3) is 0 Å². The number of aromatic hydroxyl groups is 1. The standard InChI is InChI=1S/C21H27FN4O2/c1-23-21(24-14-16-7-8-18(22)17(13-16)15-28-2)26-11-9-25(10-12-26)19-5-3-4-6-20(19)27/h3-8,13,27H,9-12,14-15H2,1-2H3,(H,23,24). The highest BCUT2D eigenvalue weighted by Gasteiger charge is 2.21. The summed E-state index contributed by atoms with van der Waals surface area (Å²) in [4.78, 5) is 8.75. The number of guanidine groups is 1. The number of halogens is 1. The zero-order valence-electron chi connectivity index (χ0n) is 16.4. The molecule has 0 unspecified atom stereocenters. The molecule has 0 amide bonds. The SMILES string of the molecule is CN=C(NCc1ccc(F)c(COC)c1)N1CCN(c2ccccc2O)CC1. The molecule has 1 aliphatic heterocycles. The fourth-order valence-electron chi connectivity index (χ4n) is 3.41. The van der Waals surface area contributed by atoms with E-state index in [0.717, 1.165) is 43.4 Å². The topological polar surface area (TPSA) is 60.3 Å². The first-order valence-electron chi connectivity index (χ1n) is 9.37. The molecule has 0 saturated carbocycles. The van der Waals surface area contributed by atoms with Gasteiger partial charge in [-0.1, -0.05) is 18.2 Å². The predicted molar refractivity (Wildman–Crippen MR) is 109 cm³/mol. The number of benzene rings is 2. The zero-order chi connectivity index (χ0) is 19.9. The summed E-state index contributed by atoms with van der Waals surface area (Å²) in [7, 11) is 3.32. The number of nitrogens with zero attached hydrogens (tertiary/aromatic N) is 3. The Morgan fingerprint density at radius 3 is 2.61 bits per heavy atom. The van der Waals surface area contributed by atoms with E-state index in [2.05, 4.69) is 20.1 Å². The van der Waals surface area contributed by atoms with Crippen LogP contribution in [0.4, 0.5) is 10.1 Å². The van der Waals surface area contributed by atoms with E-state index < -0.39 is 0 Å². The van der Waals surface area contributed by atoms with E-state index >= 15 is 0 Å². The highest BCUT2D eigenvalue weighted by molar-refractivity contribution is 5.80. The molecule has 0 bridgehead atoms. The number of anilines is 1. The molecular formula is C21H27FN4O2. The van der Waals surface area contributed by atoms with Crippen LogP contribution < -0.4 is 10.2 Å². The van der Waals surface area contributed by atoms with Crippen molar-refractivity contribution >= 4 is 11.6 Å². The lowest BCUT2D eigenvalue weighted by Crippen LogP contribution is -2.52. The number of hydrogen-bond donors (Lipinski definition) is 2. The van der Waals surface area contributed by atoms with Crippen molar-refractivity contribution in [1.29, 1.82) is 0 Å². The molecule has 1 fully saturated rings. The van der Waals surface area contributed by atoms with E-state index in [1.54, 1.807) is 26.3 Å². The molecule has 7 heteroatoms. The van der Waals surface area contributed by atoms with Gasteiger partial charge in [0.15, 0.2) is 5.96 Å². The normalized spacial score (nSPS) is 15.0. The van der Waals surface area contributed by atoms with Crippen molar-refractivity contribution < 1.29 is 14.2 Å². The molecule has 3 rings (SSSR count). The minimum Gasteiger partial charge on any atom is -0.506 e. The Bertz CT molecular complexity index is 820. The summed E-state index contributed by atoms with van der Waals surface area (Å²) >= 11 is 0. The molecule has 0 radical (unpaired) electrons. The molecule has 2 N–H and O–H groups in total. The Labute approximate surface area is 165 Å². The van der Waals surface area contributed by atoms with E-state index in [9.17, 15) is 9.50 Å². The van der Waals surface area contributed by atoms with Crippen LogP contribution >= 0.6 is 0 Å². The van der Waals surface area contributed by atoms with Gasteiger partial charge in [0.05, 0.1) is 12.3 Å². The van der Waals surface area contributed by atoms with E-state index in [1.807, 2.05) is 24.3 Å². The number of para-hydroxylation sites is 2. The third-order valence-corrected chi connectivity index (χ3v) is 4.87. The van der Waals surface area contributed by atoms with E-state index in [0.29, 0.717) is 17.9 Å². The van der Waals surface area contributed by atoms with Gasteiger partial charge in [0.2, 0.25) is 0 Å². The largest absolute Gasteiger partial charge is 0.506 e. The summed E-state index contributed by atoms with van der Waals surface area (Å²) in [6.07, 6.45) is 0. The van der Waals surface area contributed by atoms with Crippen molar-refractivity contribution in [2.24, 2.45) is 4.99 Å². The second-order valence-electron chi connectivity index (χ2n) is 6.72. The number of piperazine rings is 1. The van der Waals surface area contributed by atoms with Crippen molar-refractivity contribution in [2.75, 3.05) is 45.2 Å². The summed E-state index contributed by atoms with van der Waals surface area (Å²) in [5.41, 5.74) is 2.39. The van der Waals surface area contributed by atoms with Crippen molar-refractivity contribution in [1.82, 2.24) is 10.2 Å². The van der Waals surface area contributed by atoms with Gasteiger partial charge >= 0.3 is 0 Å². The van der Waals surface area contributed by atoms with Crippen molar-refractivity contribution in [3.05, 3.63) is 59.4 Å². The Morgan fingerprint density at radius 2 is 1.93 bits per heavy atom. The van der Waals surface area contributed by atoms with Crippen LogP contribution in [0.1, 0.15) is 11.1 Å². The third kappa shape index (κ3) is 4.72. The number of methoxy groups -OCH3 is 1. The minimum atomic E-state index is -0.254. The van der Waals surface area contributed by atoms with Gasteiger partial charge in [0.1, 0.15) is 11.6 Å². The summed E-state index contributed by atoms with van der Waals surface area (Å²) in [5, 5.41) is 13.4. The van der Waals surface area contributed by atoms with Gasteiger partial charge < -0.3 is 25.0 Å². The molecule has 0 spiro atoms. The summed E-state index contributed by atoms with van der Waals surface area (Å²) in [6.45, 7) is 4.00. The Morgan fingerprint density at radius 1 is 1.18 bits per heavy atom. The Hall–Kier alpha value is -2.80. The number of aliphatic imine (C=N–C) groups is 1. The van der Waals surface area contributed by atoms with Crippen LogP contribution in [0, 0.1) is 5.82 Å². The van der Waals surface area contributed by atoms with Gasteiger partial charge in [-0.2, -0.15) is 0 Å². The van der Waals surface area contributed by atoms with Crippen LogP contribution in [0.15, 0.2) is 47.5 Å². The maximum atomic E-state index is 13.8. The summed E-state index contributed by atoms with van der Waals surface area (Å²) < 4.78 is 18.8. The molecule has 2 aromatic carbocycles. The number of hydrogen-bond acceptors (Lipinski definition) is 4. The van der Waals surface area contributed by atoms with Gasteiger partial charge in [-0.25, -0.2) is 4.39 Å². The lowest BCUT2D eigenvalue weighted by atomic mass is 10.1. The predicted octanol–water partition coefficient (Wildman–Crippen LogP) is 2.58. The molecule has 0 aromatic heterocycles. The summed E-state index contributed by atoms with van der Waals surface area (Å²) in [6, 6.07) is 12.5. The first-order valence-corrected chi connectivity index (χ1v) is 9.37. The second kappa shape index (κ2) is 9.41. The fraction of sp³-hybridized carbons (Fsp3) is 0.381. The minimum absolute atomic E-state index is 0.253. The molecule has 1 saturated heterocycles. The van der Waals surface area contributed by atoms with Gasteiger partial charge in [-0.05, 0) is 29.8 Å². The third-order valence-electron chi connectivity index (χ3n) is 4.87. The molecule has 1 heterocycles. The highest BCUT2D eigenvalue weighted by Crippen LogP contribution is 2.27. The van der Waals surface area contributed by atoms with Crippen molar-refractivity contribution in [3.8, 4) is 5.75 Å². The van der Waals surface area contributed by atoms with Gasteiger partial charge in [0.25, 0.3) is 0 Å². The smallest absolute Gasteiger partial charge is 0.194 e. The lowest BCUT2D eigenvalue weighted by Gasteiger charge is -2.37. The maximum Gasteiger partial charge on any atom is 0.194 e. The molecule has 150 valence electrons.